The van der Waals surface area contributed by atoms with Crippen molar-refractivity contribution in [3.8, 4) is 11.8 Å². The minimum Gasteiger partial charge on any atom is -0.366 e. The summed E-state index contributed by atoms with van der Waals surface area (Å²) in [7, 11) is 0. The Hall–Kier alpha value is -3.43. The van der Waals surface area contributed by atoms with Crippen molar-refractivity contribution in [2.45, 2.75) is 0 Å². The molecular weight excluding hydrogens is 334 g/mol. The Labute approximate surface area is 148 Å². The first kappa shape index (κ1) is 16.4. The molecule has 1 aromatic carbocycles. The molecule has 122 valence electrons. The lowest BCUT2D eigenvalue weighted by Crippen LogP contribution is -2.12. The molecule has 0 atom stereocenters. The molecule has 6 heteroatoms. The van der Waals surface area contributed by atoms with Gasteiger partial charge < -0.3 is 11.1 Å². The molecule has 0 aliphatic rings. The molecule has 5 nitrogen and oxygen atoms in total. The van der Waals surface area contributed by atoms with E-state index in [1.165, 1.54) is 17.4 Å². The van der Waals surface area contributed by atoms with Crippen molar-refractivity contribution >= 4 is 28.8 Å². The first-order valence-corrected chi connectivity index (χ1v) is 8.22. The van der Waals surface area contributed by atoms with Crippen LogP contribution in [0.15, 0.2) is 60.1 Å². The molecule has 0 fully saturated rings. The Kier molecular flexibility index (Phi) is 4.88. The maximum absolute atomic E-state index is 12.2. The summed E-state index contributed by atoms with van der Waals surface area (Å²) in [5, 5.41) is 4.35. The smallest absolute Gasteiger partial charge is 0.265 e. The standard InChI is InChI=1S/C19H13N3O2S/c20-18(23)14-11-17(25-12-14)19(24)22-16-6-3-4-13(10-16)7-8-15-5-1-2-9-21-15/h1-6,9-12H,(H2,20,23)(H,22,24). The summed E-state index contributed by atoms with van der Waals surface area (Å²) in [5.74, 6) is 5.12. The SMILES string of the molecule is NC(=O)c1csc(C(=O)Nc2cccc(C#Cc3ccccn3)c2)c1. The average Bonchev–Trinajstić information content (AvgIpc) is 3.12. The number of carbonyl (C=O) groups excluding carboxylic acids is 2. The minimum absolute atomic E-state index is 0.299. The number of hydrogen-bond acceptors (Lipinski definition) is 4. The third-order valence-corrected chi connectivity index (χ3v) is 4.16. The average molecular weight is 347 g/mol. The highest BCUT2D eigenvalue weighted by molar-refractivity contribution is 7.12. The van der Waals surface area contributed by atoms with Crippen molar-refractivity contribution in [3.63, 3.8) is 0 Å². The predicted molar refractivity (Wildman–Crippen MR) is 97.4 cm³/mol. The van der Waals surface area contributed by atoms with Gasteiger partial charge >= 0.3 is 0 Å². The number of aromatic nitrogens is 1. The van der Waals surface area contributed by atoms with E-state index in [0.29, 0.717) is 21.8 Å². The summed E-state index contributed by atoms with van der Waals surface area (Å²) in [6.45, 7) is 0. The molecule has 3 aromatic rings. The third kappa shape index (κ3) is 4.31. The Bertz CT molecular complexity index is 984. The Morgan fingerprint density at radius 1 is 1.08 bits per heavy atom. The lowest BCUT2D eigenvalue weighted by molar-refractivity contribution is 0.100. The summed E-state index contributed by atoms with van der Waals surface area (Å²) >= 11 is 1.17. The first-order chi connectivity index (χ1) is 12.1. The first-order valence-electron chi connectivity index (χ1n) is 7.34. The Morgan fingerprint density at radius 2 is 1.96 bits per heavy atom. The van der Waals surface area contributed by atoms with E-state index in [0.717, 1.165) is 5.56 Å². The molecule has 2 heterocycles. The molecule has 0 radical (unpaired) electrons. The van der Waals surface area contributed by atoms with Gasteiger partial charge in [0.05, 0.1) is 10.4 Å². The molecular formula is C19H13N3O2S. The van der Waals surface area contributed by atoms with Gasteiger partial charge in [-0.15, -0.1) is 11.3 Å². The van der Waals surface area contributed by atoms with Gasteiger partial charge in [-0.05, 0) is 42.3 Å². The van der Waals surface area contributed by atoms with E-state index in [1.807, 2.05) is 24.3 Å². The van der Waals surface area contributed by atoms with Crippen LogP contribution in [0.2, 0.25) is 0 Å². The monoisotopic (exact) mass is 347 g/mol. The second kappa shape index (κ2) is 7.43. The normalized spacial score (nSPS) is 9.76. The van der Waals surface area contributed by atoms with Crippen molar-refractivity contribution < 1.29 is 9.59 Å². The van der Waals surface area contributed by atoms with Crippen LogP contribution in [0.3, 0.4) is 0 Å². The lowest BCUT2D eigenvalue weighted by atomic mass is 10.2. The van der Waals surface area contributed by atoms with Crippen LogP contribution < -0.4 is 11.1 Å². The predicted octanol–water partition coefficient (Wildman–Crippen LogP) is 2.89. The van der Waals surface area contributed by atoms with Gasteiger partial charge in [-0.2, -0.15) is 0 Å². The minimum atomic E-state index is -0.554. The number of pyridine rings is 1. The zero-order chi connectivity index (χ0) is 17.6. The fourth-order valence-corrected chi connectivity index (χ4v) is 2.82. The van der Waals surface area contributed by atoms with E-state index in [1.54, 1.807) is 29.8 Å². The summed E-state index contributed by atoms with van der Waals surface area (Å²) in [5.41, 5.74) is 7.57. The van der Waals surface area contributed by atoms with E-state index in [2.05, 4.69) is 22.1 Å². The summed E-state index contributed by atoms with van der Waals surface area (Å²) in [4.78, 5) is 27.9. The highest BCUT2D eigenvalue weighted by Gasteiger charge is 2.11. The molecule has 0 spiro atoms. The van der Waals surface area contributed by atoms with Gasteiger partial charge in [0, 0.05) is 22.8 Å². The van der Waals surface area contributed by atoms with Gasteiger partial charge in [-0.1, -0.05) is 18.1 Å². The summed E-state index contributed by atoms with van der Waals surface area (Å²) < 4.78 is 0. The Morgan fingerprint density at radius 3 is 2.68 bits per heavy atom. The molecule has 0 saturated heterocycles. The van der Waals surface area contributed by atoms with Crippen molar-refractivity contribution in [1.29, 1.82) is 0 Å². The topological polar surface area (TPSA) is 85.1 Å². The van der Waals surface area contributed by atoms with Gasteiger partial charge in [-0.3, -0.25) is 9.59 Å². The number of primary amides is 1. The van der Waals surface area contributed by atoms with Crippen molar-refractivity contribution in [1.82, 2.24) is 4.98 Å². The van der Waals surface area contributed by atoms with E-state index < -0.39 is 5.91 Å². The van der Waals surface area contributed by atoms with Gasteiger partial charge in [0.1, 0.15) is 5.69 Å². The maximum Gasteiger partial charge on any atom is 0.265 e. The number of nitrogens with zero attached hydrogens (tertiary/aromatic N) is 1. The molecule has 0 bridgehead atoms. The molecule has 25 heavy (non-hydrogen) atoms. The molecule has 0 unspecified atom stereocenters. The molecule has 3 N–H and O–H groups in total. The van der Waals surface area contributed by atoms with Crippen LogP contribution in [0.1, 0.15) is 31.3 Å². The number of carbonyl (C=O) groups is 2. The third-order valence-electron chi connectivity index (χ3n) is 3.23. The van der Waals surface area contributed by atoms with Crippen LogP contribution in [0.4, 0.5) is 5.69 Å². The molecule has 0 aliphatic carbocycles. The van der Waals surface area contributed by atoms with E-state index in [9.17, 15) is 9.59 Å². The zero-order valence-electron chi connectivity index (χ0n) is 13.0. The number of amides is 2. The molecule has 2 aromatic heterocycles. The largest absolute Gasteiger partial charge is 0.366 e. The lowest BCUT2D eigenvalue weighted by Gasteiger charge is -2.03. The van der Waals surface area contributed by atoms with Crippen molar-refractivity contribution in [2.24, 2.45) is 5.73 Å². The van der Waals surface area contributed by atoms with Gasteiger partial charge in [0.15, 0.2) is 0 Å². The number of nitrogens with one attached hydrogen (secondary N) is 1. The summed E-state index contributed by atoms with van der Waals surface area (Å²) in [6, 6.07) is 14.2. The number of hydrogen-bond donors (Lipinski definition) is 2. The Balaban J connectivity index is 1.74. The number of benzene rings is 1. The van der Waals surface area contributed by atoms with E-state index in [-0.39, 0.29) is 5.91 Å². The molecule has 2 amide bonds. The number of rotatable bonds is 3. The van der Waals surface area contributed by atoms with Crippen LogP contribution in [0.5, 0.6) is 0 Å². The zero-order valence-corrected chi connectivity index (χ0v) is 13.8. The second-order valence-corrected chi connectivity index (χ2v) is 5.98. The fraction of sp³-hybridized carbons (Fsp3) is 0. The number of thiophene rings is 1. The summed E-state index contributed by atoms with van der Waals surface area (Å²) in [6.07, 6.45) is 1.68. The number of nitrogens with two attached hydrogens (primary N) is 1. The van der Waals surface area contributed by atoms with Crippen molar-refractivity contribution in [3.05, 3.63) is 81.8 Å². The van der Waals surface area contributed by atoms with Gasteiger partial charge in [0.2, 0.25) is 5.91 Å². The fourth-order valence-electron chi connectivity index (χ4n) is 2.02. The maximum atomic E-state index is 12.2. The van der Waals surface area contributed by atoms with Gasteiger partial charge in [-0.25, -0.2) is 4.98 Å². The van der Waals surface area contributed by atoms with E-state index in [4.69, 9.17) is 5.73 Å². The van der Waals surface area contributed by atoms with Crippen LogP contribution in [0, 0.1) is 11.8 Å². The van der Waals surface area contributed by atoms with E-state index >= 15 is 0 Å². The van der Waals surface area contributed by atoms with Crippen LogP contribution in [0.25, 0.3) is 0 Å². The van der Waals surface area contributed by atoms with Crippen LogP contribution in [-0.2, 0) is 0 Å². The van der Waals surface area contributed by atoms with Gasteiger partial charge in [0.25, 0.3) is 5.91 Å². The highest BCUT2D eigenvalue weighted by Crippen LogP contribution is 2.17. The van der Waals surface area contributed by atoms with Crippen molar-refractivity contribution in [2.75, 3.05) is 5.32 Å². The molecule has 0 aliphatic heterocycles. The molecule has 3 rings (SSSR count). The van der Waals surface area contributed by atoms with Crippen LogP contribution >= 0.6 is 11.3 Å². The van der Waals surface area contributed by atoms with Crippen LogP contribution in [-0.4, -0.2) is 16.8 Å². The number of anilines is 1. The molecule has 0 saturated carbocycles. The second-order valence-electron chi connectivity index (χ2n) is 5.06. The highest BCUT2D eigenvalue weighted by atomic mass is 32.1. The quantitative estimate of drug-likeness (QED) is 0.715.